The van der Waals surface area contributed by atoms with E-state index in [1.54, 1.807) is 5.51 Å². The number of aromatic nitrogens is 1. The molecule has 9 nitrogen and oxygen atoms in total. The number of nitrogens with zero attached hydrogens (tertiary/aromatic N) is 3. The average molecular weight is 420 g/mol. The molecule has 1 fully saturated rings. The van der Waals surface area contributed by atoms with E-state index in [0.717, 1.165) is 0 Å². The zero-order valence-electron chi connectivity index (χ0n) is 16.6. The Morgan fingerprint density at radius 3 is 2.79 bits per heavy atom. The summed E-state index contributed by atoms with van der Waals surface area (Å²) < 4.78 is 10.9. The molecular weight excluding hydrogens is 396 g/mol. The van der Waals surface area contributed by atoms with Crippen LogP contribution in [0.2, 0.25) is 0 Å². The Balaban J connectivity index is 1.75. The maximum atomic E-state index is 12.7. The molecule has 1 unspecified atom stereocenters. The summed E-state index contributed by atoms with van der Waals surface area (Å²) in [4.78, 5) is 30.0. The number of hydrogen-bond acceptors (Lipinski definition) is 8. The predicted octanol–water partition coefficient (Wildman–Crippen LogP) is 2.85. The van der Waals surface area contributed by atoms with Crippen LogP contribution in [0.25, 0.3) is 0 Å². The molecule has 2 aromatic rings. The van der Waals surface area contributed by atoms with Crippen molar-refractivity contribution in [3.8, 4) is 11.5 Å². The lowest BCUT2D eigenvalue weighted by molar-refractivity contribution is -0.385. The molecule has 1 saturated carbocycles. The second kappa shape index (κ2) is 9.19. The van der Waals surface area contributed by atoms with Crippen molar-refractivity contribution in [2.45, 2.75) is 38.5 Å². The molecule has 0 bridgehead atoms. The standard InChI is InChI=1S/C19H24N4O5S/c1-12(22(2)14-4-5-14)8-20-19(24)15-6-17(27-3)18(7-16(15)23(25)26)28-9-13-10-29-11-21-13/h6-7,10-12,14H,4-5,8-9H2,1-3H3,(H,20,24). The van der Waals surface area contributed by atoms with E-state index in [4.69, 9.17) is 9.47 Å². The smallest absolute Gasteiger partial charge is 0.286 e. The Hall–Kier alpha value is -2.72. The van der Waals surface area contributed by atoms with Crippen LogP contribution in [0.3, 0.4) is 0 Å². The predicted molar refractivity (Wildman–Crippen MR) is 109 cm³/mol. The number of likely N-dealkylation sites (N-methyl/N-ethyl adjacent to an activating group) is 1. The lowest BCUT2D eigenvalue weighted by Crippen LogP contribution is -2.41. The first kappa shape index (κ1) is 21.0. The van der Waals surface area contributed by atoms with E-state index >= 15 is 0 Å². The van der Waals surface area contributed by atoms with E-state index in [2.05, 4.69) is 15.2 Å². The lowest BCUT2D eigenvalue weighted by Gasteiger charge is -2.24. The van der Waals surface area contributed by atoms with Crippen LogP contribution in [0.15, 0.2) is 23.0 Å². The highest BCUT2D eigenvalue weighted by molar-refractivity contribution is 7.07. The van der Waals surface area contributed by atoms with Crippen LogP contribution in [0, 0.1) is 10.1 Å². The Morgan fingerprint density at radius 1 is 1.45 bits per heavy atom. The summed E-state index contributed by atoms with van der Waals surface area (Å²) in [5, 5.41) is 16.2. The molecule has 1 N–H and O–H groups in total. The van der Waals surface area contributed by atoms with Gasteiger partial charge >= 0.3 is 0 Å². The Kier molecular flexibility index (Phi) is 6.65. The molecule has 1 amide bonds. The molecule has 29 heavy (non-hydrogen) atoms. The third kappa shape index (κ3) is 5.21. The third-order valence-electron chi connectivity index (χ3n) is 4.96. The van der Waals surface area contributed by atoms with E-state index < -0.39 is 10.8 Å². The van der Waals surface area contributed by atoms with Gasteiger partial charge in [0.1, 0.15) is 12.2 Å². The Bertz CT molecular complexity index is 870. The van der Waals surface area contributed by atoms with Crippen LogP contribution in [0.1, 0.15) is 35.8 Å². The molecule has 1 aromatic carbocycles. The maximum Gasteiger partial charge on any atom is 0.286 e. The van der Waals surface area contributed by atoms with E-state index in [1.807, 2.05) is 19.4 Å². The first-order valence-corrected chi connectivity index (χ1v) is 10.2. The first-order chi connectivity index (χ1) is 13.9. The molecule has 3 rings (SSSR count). The zero-order valence-corrected chi connectivity index (χ0v) is 17.4. The molecule has 1 aliphatic rings. The lowest BCUT2D eigenvalue weighted by atomic mass is 10.1. The SMILES string of the molecule is COc1cc(C(=O)NCC(C)N(C)C2CC2)c([N+](=O)[O-])cc1OCc1cscn1. The van der Waals surface area contributed by atoms with Crippen molar-refractivity contribution in [1.82, 2.24) is 15.2 Å². The topological polar surface area (TPSA) is 107 Å². The Labute approximate surface area is 172 Å². The van der Waals surface area contributed by atoms with Gasteiger partial charge in [-0.15, -0.1) is 11.3 Å². The number of nitro benzene ring substituents is 1. The van der Waals surface area contributed by atoms with Crippen molar-refractivity contribution in [2.24, 2.45) is 0 Å². The molecule has 0 spiro atoms. The number of nitro groups is 1. The fourth-order valence-corrected chi connectivity index (χ4v) is 3.48. The van der Waals surface area contributed by atoms with E-state index in [-0.39, 0.29) is 35.4 Å². The molecule has 1 aliphatic carbocycles. The number of benzene rings is 1. The number of nitrogens with one attached hydrogen (secondary N) is 1. The van der Waals surface area contributed by atoms with Crippen molar-refractivity contribution >= 4 is 22.9 Å². The number of amides is 1. The monoisotopic (exact) mass is 420 g/mol. The minimum absolute atomic E-state index is 0.0610. The molecule has 1 heterocycles. The first-order valence-electron chi connectivity index (χ1n) is 9.27. The maximum absolute atomic E-state index is 12.7. The summed E-state index contributed by atoms with van der Waals surface area (Å²) in [6, 6.07) is 3.26. The fraction of sp³-hybridized carbons (Fsp3) is 0.474. The van der Waals surface area contributed by atoms with Crippen LogP contribution in [0.5, 0.6) is 11.5 Å². The summed E-state index contributed by atoms with van der Waals surface area (Å²) in [6.45, 7) is 2.56. The normalized spacial score (nSPS) is 14.5. The van der Waals surface area contributed by atoms with Gasteiger partial charge in [-0.3, -0.25) is 19.8 Å². The largest absolute Gasteiger partial charge is 0.493 e. The summed E-state index contributed by atoms with van der Waals surface area (Å²) in [5.74, 6) is -0.0817. The van der Waals surface area contributed by atoms with Crippen molar-refractivity contribution in [2.75, 3.05) is 20.7 Å². The van der Waals surface area contributed by atoms with Gasteiger partial charge in [-0.1, -0.05) is 0 Å². The molecule has 1 aromatic heterocycles. The summed E-state index contributed by atoms with van der Waals surface area (Å²) in [5.41, 5.74) is 1.98. The number of carbonyl (C=O) groups excluding carboxylic acids is 1. The molecule has 0 aliphatic heterocycles. The Morgan fingerprint density at radius 2 is 2.21 bits per heavy atom. The molecule has 10 heteroatoms. The summed E-state index contributed by atoms with van der Waals surface area (Å²) >= 11 is 1.43. The van der Waals surface area contributed by atoms with Gasteiger partial charge in [0.25, 0.3) is 11.6 Å². The van der Waals surface area contributed by atoms with Gasteiger partial charge in [-0.25, -0.2) is 4.98 Å². The minimum atomic E-state index is -0.593. The van der Waals surface area contributed by atoms with Crippen LogP contribution < -0.4 is 14.8 Å². The highest BCUT2D eigenvalue weighted by atomic mass is 32.1. The van der Waals surface area contributed by atoms with Gasteiger partial charge in [0.15, 0.2) is 11.5 Å². The highest BCUT2D eigenvalue weighted by Gasteiger charge is 2.30. The molecule has 0 radical (unpaired) electrons. The molecule has 156 valence electrons. The number of ether oxygens (including phenoxy) is 2. The van der Waals surface area contributed by atoms with Crippen molar-refractivity contribution in [3.63, 3.8) is 0 Å². The fourth-order valence-electron chi connectivity index (χ4n) is 2.94. The van der Waals surface area contributed by atoms with Gasteiger partial charge < -0.3 is 14.8 Å². The van der Waals surface area contributed by atoms with Gasteiger partial charge in [-0.05, 0) is 26.8 Å². The summed E-state index contributed by atoms with van der Waals surface area (Å²) in [6.07, 6.45) is 2.33. The minimum Gasteiger partial charge on any atom is -0.493 e. The molecular formula is C19H24N4O5S. The second-order valence-corrected chi connectivity index (χ2v) is 7.72. The quantitative estimate of drug-likeness (QED) is 0.465. The van der Waals surface area contributed by atoms with Gasteiger partial charge in [0.05, 0.1) is 29.3 Å². The van der Waals surface area contributed by atoms with Crippen LogP contribution >= 0.6 is 11.3 Å². The van der Waals surface area contributed by atoms with Crippen LogP contribution in [-0.4, -0.2) is 53.5 Å². The number of methoxy groups -OCH3 is 1. The summed E-state index contributed by atoms with van der Waals surface area (Å²) in [7, 11) is 3.44. The van der Waals surface area contributed by atoms with Gasteiger partial charge in [-0.2, -0.15) is 0 Å². The number of carbonyl (C=O) groups is 1. The zero-order chi connectivity index (χ0) is 21.0. The van der Waals surface area contributed by atoms with E-state index in [9.17, 15) is 14.9 Å². The number of thiazole rings is 1. The van der Waals surface area contributed by atoms with Crippen LogP contribution in [0.4, 0.5) is 5.69 Å². The van der Waals surface area contributed by atoms with Crippen LogP contribution in [-0.2, 0) is 6.61 Å². The third-order valence-corrected chi connectivity index (χ3v) is 5.59. The van der Waals surface area contributed by atoms with E-state index in [1.165, 1.54) is 43.4 Å². The van der Waals surface area contributed by atoms with Crippen molar-refractivity contribution in [1.29, 1.82) is 0 Å². The average Bonchev–Trinajstić information content (AvgIpc) is 3.44. The van der Waals surface area contributed by atoms with Gasteiger partial charge in [0.2, 0.25) is 0 Å². The number of hydrogen-bond donors (Lipinski definition) is 1. The van der Waals surface area contributed by atoms with Crippen molar-refractivity contribution in [3.05, 3.63) is 44.4 Å². The van der Waals surface area contributed by atoms with Gasteiger partial charge in [0, 0.05) is 30.1 Å². The second-order valence-electron chi connectivity index (χ2n) is 7.00. The molecule has 1 atom stereocenters. The van der Waals surface area contributed by atoms with Crippen molar-refractivity contribution < 1.29 is 19.2 Å². The van der Waals surface area contributed by atoms with E-state index in [0.29, 0.717) is 18.3 Å². The number of rotatable bonds is 10. The highest BCUT2D eigenvalue weighted by Crippen LogP contribution is 2.35. The molecule has 0 saturated heterocycles.